The van der Waals surface area contributed by atoms with Gasteiger partial charge in [0.15, 0.2) is 0 Å². The van der Waals surface area contributed by atoms with Crippen LogP contribution < -0.4 is 0 Å². The summed E-state index contributed by atoms with van der Waals surface area (Å²) < 4.78 is 20.2. The van der Waals surface area contributed by atoms with Crippen LogP contribution in [0.4, 0.5) is 0 Å². The summed E-state index contributed by atoms with van der Waals surface area (Å²) in [5.74, 6) is 0.401. The fraction of sp³-hybridized carbons (Fsp3) is 0.571. The Kier molecular flexibility index (Phi) is 5.30. The quantitative estimate of drug-likeness (QED) is 0.549. The van der Waals surface area contributed by atoms with Gasteiger partial charge in [0.05, 0.1) is 36.9 Å². The molecule has 0 fully saturated rings. The van der Waals surface area contributed by atoms with E-state index in [-0.39, 0.29) is 11.9 Å². The largest absolute Gasteiger partial charge is 0.657 e. The van der Waals surface area contributed by atoms with Crippen LogP contribution in [0.3, 0.4) is 0 Å². The molecule has 113 valence electrons. The molecule has 0 saturated heterocycles. The lowest BCUT2D eigenvalue weighted by molar-refractivity contribution is -0.137. The number of hydrogen-bond acceptors (Lipinski definition) is 6. The van der Waals surface area contributed by atoms with E-state index >= 15 is 0 Å². The topological polar surface area (TPSA) is 71.1 Å². The molecule has 0 unspecified atom stereocenters. The number of ether oxygens (including phenoxy) is 2. The second-order valence-corrected chi connectivity index (χ2v) is 4.83. The van der Waals surface area contributed by atoms with Gasteiger partial charge in [0.2, 0.25) is 0 Å². The van der Waals surface area contributed by atoms with Crippen molar-refractivity contribution in [3.05, 3.63) is 22.7 Å². The van der Waals surface area contributed by atoms with Crippen molar-refractivity contribution in [1.82, 2.24) is 0 Å². The standard InChI is InChI=1S/C14H18BO6/c1-18-13(16)9-5-3-7-11(9)20-15-21-12-8-4-6-10(12)14(17)19-2/h3-8H2,1-2H3. The fourth-order valence-electron chi connectivity index (χ4n) is 2.51. The van der Waals surface area contributed by atoms with Gasteiger partial charge in [-0.2, -0.15) is 0 Å². The highest BCUT2D eigenvalue weighted by Crippen LogP contribution is 2.29. The molecule has 6 nitrogen and oxygen atoms in total. The van der Waals surface area contributed by atoms with Crippen LogP contribution in [0.2, 0.25) is 0 Å². The molecule has 0 aliphatic heterocycles. The zero-order valence-electron chi connectivity index (χ0n) is 12.3. The van der Waals surface area contributed by atoms with Gasteiger partial charge >= 0.3 is 19.6 Å². The van der Waals surface area contributed by atoms with Crippen LogP contribution in [0.1, 0.15) is 38.5 Å². The Bertz CT molecular complexity index is 450. The summed E-state index contributed by atoms with van der Waals surface area (Å²) >= 11 is 0. The minimum absolute atomic E-state index is 0.369. The van der Waals surface area contributed by atoms with Crippen LogP contribution in [0.25, 0.3) is 0 Å². The second kappa shape index (κ2) is 7.20. The van der Waals surface area contributed by atoms with Gasteiger partial charge in [0.25, 0.3) is 0 Å². The first kappa shape index (κ1) is 15.5. The Morgan fingerprint density at radius 3 is 1.62 bits per heavy atom. The Balaban J connectivity index is 1.92. The molecular formula is C14H18BO6. The van der Waals surface area contributed by atoms with Crippen LogP contribution in [0, 0.1) is 0 Å². The first-order chi connectivity index (χ1) is 10.2. The molecule has 7 heteroatoms. The van der Waals surface area contributed by atoms with Crippen molar-refractivity contribution in [2.75, 3.05) is 14.2 Å². The molecule has 0 atom stereocenters. The van der Waals surface area contributed by atoms with Gasteiger partial charge in [-0.1, -0.05) is 0 Å². The average molecular weight is 293 g/mol. The number of rotatable bonds is 6. The Labute approximate surface area is 124 Å². The van der Waals surface area contributed by atoms with Gasteiger partial charge in [-0.05, 0) is 25.7 Å². The van der Waals surface area contributed by atoms with Gasteiger partial charge in [-0.15, -0.1) is 0 Å². The molecule has 2 aliphatic carbocycles. The van der Waals surface area contributed by atoms with E-state index in [4.69, 9.17) is 18.8 Å². The predicted molar refractivity (Wildman–Crippen MR) is 73.7 cm³/mol. The molecule has 2 rings (SSSR count). The molecule has 0 spiro atoms. The number of allylic oxidation sites excluding steroid dienone is 2. The number of esters is 2. The molecule has 0 aromatic heterocycles. The molecule has 0 saturated carbocycles. The van der Waals surface area contributed by atoms with Crippen molar-refractivity contribution < 1.29 is 28.4 Å². The molecule has 2 aliphatic rings. The van der Waals surface area contributed by atoms with Crippen molar-refractivity contribution in [3.63, 3.8) is 0 Å². The Morgan fingerprint density at radius 1 is 0.810 bits per heavy atom. The summed E-state index contributed by atoms with van der Waals surface area (Å²) in [7, 11) is 3.86. The number of carbonyl (C=O) groups excluding carboxylic acids is 2. The summed E-state index contributed by atoms with van der Waals surface area (Å²) in [5, 5.41) is 0. The normalized spacial score (nSPS) is 17.8. The zero-order valence-corrected chi connectivity index (χ0v) is 12.3. The van der Waals surface area contributed by atoms with E-state index in [2.05, 4.69) is 0 Å². The summed E-state index contributed by atoms with van der Waals surface area (Å²) in [6, 6.07) is 0. The zero-order chi connectivity index (χ0) is 15.2. The number of carbonyl (C=O) groups is 2. The van der Waals surface area contributed by atoms with E-state index < -0.39 is 0 Å². The van der Waals surface area contributed by atoms with E-state index in [1.807, 2.05) is 0 Å². The summed E-state index contributed by atoms with van der Waals surface area (Å²) in [6.45, 7) is 0. The molecular weight excluding hydrogens is 275 g/mol. The van der Waals surface area contributed by atoms with Crippen LogP contribution >= 0.6 is 0 Å². The van der Waals surface area contributed by atoms with E-state index in [9.17, 15) is 9.59 Å². The predicted octanol–water partition coefficient (Wildman–Crippen LogP) is 1.78. The lowest BCUT2D eigenvalue weighted by Crippen LogP contribution is -2.11. The molecule has 0 N–H and O–H groups in total. The number of methoxy groups -OCH3 is 2. The van der Waals surface area contributed by atoms with Gasteiger partial charge < -0.3 is 18.8 Å². The van der Waals surface area contributed by atoms with Gasteiger partial charge in [-0.3, -0.25) is 0 Å². The van der Waals surface area contributed by atoms with Crippen molar-refractivity contribution >= 4 is 19.6 Å². The maximum atomic E-state index is 11.5. The first-order valence-corrected chi connectivity index (χ1v) is 6.93. The minimum Gasteiger partial charge on any atom is -0.529 e. The lowest BCUT2D eigenvalue weighted by atomic mass is 10.2. The van der Waals surface area contributed by atoms with Crippen LogP contribution in [-0.4, -0.2) is 33.8 Å². The maximum Gasteiger partial charge on any atom is 0.657 e. The molecule has 0 aromatic rings. The summed E-state index contributed by atoms with van der Waals surface area (Å²) in [4.78, 5) is 23.1. The smallest absolute Gasteiger partial charge is 0.529 e. The SMILES string of the molecule is COC(=O)C1=C(O[B]OC2=C(C(=O)OC)CCC2)CCC1. The van der Waals surface area contributed by atoms with E-state index in [1.165, 1.54) is 21.9 Å². The third kappa shape index (κ3) is 3.59. The highest BCUT2D eigenvalue weighted by molar-refractivity contribution is 6.19. The first-order valence-electron chi connectivity index (χ1n) is 6.93. The van der Waals surface area contributed by atoms with Crippen LogP contribution in [-0.2, 0) is 28.4 Å². The van der Waals surface area contributed by atoms with Crippen molar-refractivity contribution in [3.8, 4) is 0 Å². The van der Waals surface area contributed by atoms with Gasteiger partial charge in [0, 0.05) is 12.8 Å². The monoisotopic (exact) mass is 293 g/mol. The van der Waals surface area contributed by atoms with Crippen molar-refractivity contribution in [1.29, 1.82) is 0 Å². The third-order valence-corrected chi connectivity index (χ3v) is 3.58. The minimum atomic E-state index is -0.369. The third-order valence-electron chi connectivity index (χ3n) is 3.58. The lowest BCUT2D eigenvalue weighted by Gasteiger charge is -2.10. The Hall–Kier alpha value is -1.92. The van der Waals surface area contributed by atoms with E-state index in [0.29, 0.717) is 48.3 Å². The highest BCUT2D eigenvalue weighted by atomic mass is 16.6. The summed E-state index contributed by atoms with van der Waals surface area (Å²) in [5.41, 5.74) is 1.09. The molecule has 0 heterocycles. The molecule has 1 radical (unpaired) electrons. The van der Waals surface area contributed by atoms with Crippen LogP contribution in [0.15, 0.2) is 22.7 Å². The van der Waals surface area contributed by atoms with Crippen LogP contribution in [0.5, 0.6) is 0 Å². The maximum absolute atomic E-state index is 11.5. The van der Waals surface area contributed by atoms with Crippen molar-refractivity contribution in [2.24, 2.45) is 0 Å². The average Bonchev–Trinajstić information content (AvgIpc) is 3.15. The van der Waals surface area contributed by atoms with E-state index in [0.717, 1.165) is 12.8 Å². The van der Waals surface area contributed by atoms with Crippen molar-refractivity contribution in [2.45, 2.75) is 38.5 Å². The second-order valence-electron chi connectivity index (χ2n) is 4.83. The molecule has 0 aromatic carbocycles. The van der Waals surface area contributed by atoms with E-state index in [1.54, 1.807) is 0 Å². The molecule has 0 amide bonds. The molecule has 21 heavy (non-hydrogen) atoms. The number of hydrogen-bond donors (Lipinski definition) is 0. The molecule has 0 bridgehead atoms. The fourth-order valence-corrected chi connectivity index (χ4v) is 2.51. The van der Waals surface area contributed by atoms with Gasteiger partial charge in [-0.25, -0.2) is 9.59 Å². The summed E-state index contributed by atoms with van der Waals surface area (Å²) in [6.07, 6.45) is 4.34. The highest BCUT2D eigenvalue weighted by Gasteiger charge is 2.26. The van der Waals surface area contributed by atoms with Gasteiger partial charge in [0.1, 0.15) is 0 Å². The Morgan fingerprint density at radius 2 is 1.24 bits per heavy atom.